The standard InChI is InChI=1S/C11H18O2Si/c1-9(2)11(3,12)13-14-10-7-5-4-6-8-10/h4-9,12H,14H2,1-3H3. The molecular weight excluding hydrogens is 192 g/mol. The van der Waals surface area contributed by atoms with Gasteiger partial charge in [-0.05, 0) is 12.1 Å². The first-order valence-electron chi connectivity index (χ1n) is 4.92. The predicted octanol–water partition coefficient (Wildman–Crippen LogP) is 0.777. The predicted molar refractivity (Wildman–Crippen MR) is 61.2 cm³/mol. The van der Waals surface area contributed by atoms with Crippen LogP contribution in [-0.2, 0) is 4.43 Å². The Kier molecular flexibility index (Phi) is 3.86. The minimum atomic E-state index is -0.984. The molecule has 0 saturated carbocycles. The molecule has 1 rings (SSSR count). The molecule has 0 aliphatic rings. The van der Waals surface area contributed by atoms with Crippen molar-refractivity contribution in [3.05, 3.63) is 30.3 Å². The maximum Gasteiger partial charge on any atom is 0.196 e. The quantitative estimate of drug-likeness (QED) is 0.588. The van der Waals surface area contributed by atoms with E-state index in [1.54, 1.807) is 6.92 Å². The van der Waals surface area contributed by atoms with Crippen LogP contribution in [0.1, 0.15) is 20.8 Å². The van der Waals surface area contributed by atoms with Crippen LogP contribution in [0.25, 0.3) is 0 Å². The maximum atomic E-state index is 9.87. The fourth-order valence-electron chi connectivity index (χ4n) is 0.970. The molecule has 0 bridgehead atoms. The van der Waals surface area contributed by atoms with Crippen molar-refractivity contribution in [3.8, 4) is 0 Å². The first-order chi connectivity index (χ1) is 6.52. The van der Waals surface area contributed by atoms with Crippen LogP contribution in [0.2, 0.25) is 0 Å². The molecule has 1 unspecified atom stereocenters. The topological polar surface area (TPSA) is 29.5 Å². The van der Waals surface area contributed by atoms with E-state index in [0.717, 1.165) is 0 Å². The van der Waals surface area contributed by atoms with Crippen molar-refractivity contribution >= 4 is 14.9 Å². The summed E-state index contributed by atoms with van der Waals surface area (Å²) in [6.45, 7) is 5.65. The lowest BCUT2D eigenvalue weighted by Crippen LogP contribution is -2.38. The Labute approximate surface area is 87.9 Å². The second-order valence-corrected chi connectivity index (χ2v) is 5.38. The largest absolute Gasteiger partial charge is 0.392 e. The van der Waals surface area contributed by atoms with Gasteiger partial charge in [0, 0.05) is 5.92 Å². The SMILES string of the molecule is CC(C)C(C)(O)O[SiH2]c1ccccc1. The fourth-order valence-corrected chi connectivity index (χ4v) is 2.23. The summed E-state index contributed by atoms with van der Waals surface area (Å²) in [5.41, 5.74) is 0. The smallest absolute Gasteiger partial charge is 0.196 e. The second kappa shape index (κ2) is 4.73. The lowest BCUT2D eigenvalue weighted by atomic mass is 10.1. The van der Waals surface area contributed by atoms with E-state index in [-0.39, 0.29) is 5.92 Å². The number of aliphatic hydroxyl groups is 1. The molecule has 3 heteroatoms. The van der Waals surface area contributed by atoms with Gasteiger partial charge in [0.15, 0.2) is 15.6 Å². The van der Waals surface area contributed by atoms with Gasteiger partial charge in [-0.25, -0.2) is 0 Å². The normalized spacial score (nSPS) is 16.4. The van der Waals surface area contributed by atoms with E-state index < -0.39 is 15.6 Å². The van der Waals surface area contributed by atoms with Gasteiger partial charge in [-0.15, -0.1) is 0 Å². The molecule has 1 N–H and O–H groups in total. The lowest BCUT2D eigenvalue weighted by Gasteiger charge is -2.28. The van der Waals surface area contributed by atoms with E-state index in [4.69, 9.17) is 4.43 Å². The summed E-state index contributed by atoms with van der Waals surface area (Å²) >= 11 is 0. The van der Waals surface area contributed by atoms with Gasteiger partial charge < -0.3 is 9.53 Å². The molecule has 1 atom stereocenters. The van der Waals surface area contributed by atoms with Gasteiger partial charge in [0.2, 0.25) is 0 Å². The molecule has 0 radical (unpaired) electrons. The summed E-state index contributed by atoms with van der Waals surface area (Å²) in [4.78, 5) is 0. The van der Waals surface area contributed by atoms with E-state index in [1.165, 1.54) is 5.19 Å². The Morgan fingerprint density at radius 1 is 1.29 bits per heavy atom. The van der Waals surface area contributed by atoms with Crippen LogP contribution in [0, 0.1) is 5.92 Å². The van der Waals surface area contributed by atoms with Gasteiger partial charge in [-0.1, -0.05) is 44.2 Å². The molecule has 0 aromatic heterocycles. The molecule has 0 spiro atoms. The minimum Gasteiger partial charge on any atom is -0.392 e. The maximum absolute atomic E-state index is 9.87. The van der Waals surface area contributed by atoms with Crippen LogP contribution in [0.3, 0.4) is 0 Å². The highest BCUT2D eigenvalue weighted by Gasteiger charge is 2.24. The third-order valence-corrected chi connectivity index (χ3v) is 3.98. The van der Waals surface area contributed by atoms with Crippen molar-refractivity contribution in [2.75, 3.05) is 0 Å². The highest BCUT2D eigenvalue weighted by Crippen LogP contribution is 2.16. The Balaban J connectivity index is 2.49. The Morgan fingerprint density at radius 2 is 1.86 bits per heavy atom. The number of rotatable bonds is 4. The van der Waals surface area contributed by atoms with E-state index >= 15 is 0 Å². The molecule has 0 aliphatic heterocycles. The van der Waals surface area contributed by atoms with Gasteiger partial charge in [0.25, 0.3) is 0 Å². The van der Waals surface area contributed by atoms with Crippen molar-refractivity contribution in [1.82, 2.24) is 0 Å². The summed E-state index contributed by atoms with van der Waals surface area (Å²) in [6, 6.07) is 10.1. The zero-order valence-electron chi connectivity index (χ0n) is 9.03. The van der Waals surface area contributed by atoms with E-state index in [9.17, 15) is 5.11 Å². The van der Waals surface area contributed by atoms with Crippen LogP contribution in [0.5, 0.6) is 0 Å². The second-order valence-electron chi connectivity index (χ2n) is 3.98. The number of hydrogen-bond donors (Lipinski definition) is 1. The van der Waals surface area contributed by atoms with Crippen molar-refractivity contribution in [2.45, 2.75) is 26.6 Å². The van der Waals surface area contributed by atoms with Crippen LogP contribution in [0.4, 0.5) is 0 Å². The van der Waals surface area contributed by atoms with Crippen LogP contribution < -0.4 is 5.19 Å². The van der Waals surface area contributed by atoms with Gasteiger partial charge in [0.05, 0.1) is 0 Å². The fraction of sp³-hybridized carbons (Fsp3) is 0.455. The van der Waals surface area contributed by atoms with Crippen LogP contribution in [-0.4, -0.2) is 20.7 Å². The highest BCUT2D eigenvalue weighted by atomic mass is 28.2. The summed E-state index contributed by atoms with van der Waals surface area (Å²) in [6.07, 6.45) is 0. The Hall–Kier alpha value is -0.643. The van der Waals surface area contributed by atoms with Gasteiger partial charge >= 0.3 is 0 Å². The molecule has 0 saturated heterocycles. The number of hydrogen-bond acceptors (Lipinski definition) is 2. The molecule has 2 nitrogen and oxygen atoms in total. The molecule has 0 heterocycles. The van der Waals surface area contributed by atoms with Crippen molar-refractivity contribution in [1.29, 1.82) is 0 Å². The molecule has 0 amide bonds. The molecular formula is C11H18O2Si. The summed E-state index contributed by atoms with van der Waals surface area (Å²) in [5.74, 6) is -0.860. The molecule has 78 valence electrons. The Bertz CT molecular complexity index is 270. The van der Waals surface area contributed by atoms with Gasteiger partial charge in [0.1, 0.15) is 0 Å². The highest BCUT2D eigenvalue weighted by molar-refractivity contribution is 6.46. The van der Waals surface area contributed by atoms with Gasteiger partial charge in [-0.3, -0.25) is 0 Å². The zero-order valence-corrected chi connectivity index (χ0v) is 10.4. The Morgan fingerprint density at radius 3 is 2.36 bits per heavy atom. The van der Waals surface area contributed by atoms with Crippen LogP contribution in [0.15, 0.2) is 30.3 Å². The van der Waals surface area contributed by atoms with Crippen molar-refractivity contribution in [2.24, 2.45) is 5.92 Å². The third kappa shape index (κ3) is 3.25. The molecule has 1 aromatic carbocycles. The van der Waals surface area contributed by atoms with E-state index in [2.05, 4.69) is 0 Å². The third-order valence-electron chi connectivity index (χ3n) is 2.45. The molecule has 0 fully saturated rings. The molecule has 14 heavy (non-hydrogen) atoms. The summed E-state index contributed by atoms with van der Waals surface area (Å²) in [7, 11) is -0.808. The monoisotopic (exact) mass is 210 g/mol. The molecule has 0 aliphatic carbocycles. The number of benzene rings is 1. The molecule has 1 aromatic rings. The van der Waals surface area contributed by atoms with Crippen molar-refractivity contribution < 1.29 is 9.53 Å². The van der Waals surface area contributed by atoms with Crippen molar-refractivity contribution in [3.63, 3.8) is 0 Å². The first-order valence-corrected chi connectivity index (χ1v) is 6.21. The minimum absolute atomic E-state index is 0.124. The average molecular weight is 210 g/mol. The summed E-state index contributed by atoms with van der Waals surface area (Å²) < 4.78 is 5.57. The van der Waals surface area contributed by atoms with Crippen LogP contribution >= 0.6 is 0 Å². The first kappa shape index (κ1) is 11.4. The lowest BCUT2D eigenvalue weighted by molar-refractivity contribution is -0.153. The van der Waals surface area contributed by atoms with E-state index in [1.807, 2.05) is 44.2 Å². The zero-order chi connectivity index (χ0) is 10.6. The summed E-state index contributed by atoms with van der Waals surface area (Å²) in [5, 5.41) is 11.1. The van der Waals surface area contributed by atoms with Gasteiger partial charge in [-0.2, -0.15) is 0 Å². The average Bonchev–Trinajstić information content (AvgIpc) is 2.16. The van der Waals surface area contributed by atoms with E-state index in [0.29, 0.717) is 0 Å².